The number of nitrogens with zero attached hydrogens (tertiary/aromatic N) is 3. The average Bonchev–Trinajstić information content (AvgIpc) is 2.80. The summed E-state index contributed by atoms with van der Waals surface area (Å²) in [5.41, 5.74) is 4.11. The largest absolute Gasteiger partial charge is 0.345 e. The van der Waals surface area contributed by atoms with Crippen LogP contribution in [0.3, 0.4) is 0 Å². The number of rotatable bonds is 2. The zero-order chi connectivity index (χ0) is 17.2. The van der Waals surface area contributed by atoms with Gasteiger partial charge in [0.15, 0.2) is 5.65 Å². The maximum absolute atomic E-state index is 13.0. The molecule has 0 spiro atoms. The molecule has 1 aliphatic carbocycles. The Balaban J connectivity index is 1.70. The highest BCUT2D eigenvalue weighted by Crippen LogP contribution is 2.33. The normalized spacial score (nSPS) is 19.9. The van der Waals surface area contributed by atoms with Crippen LogP contribution in [0.25, 0.3) is 11.2 Å². The zero-order valence-electron chi connectivity index (χ0n) is 14.1. The summed E-state index contributed by atoms with van der Waals surface area (Å²) < 4.78 is 0. The van der Waals surface area contributed by atoms with Gasteiger partial charge in [-0.1, -0.05) is 31.2 Å². The second-order valence-corrected chi connectivity index (χ2v) is 6.61. The van der Waals surface area contributed by atoms with Gasteiger partial charge < -0.3 is 5.32 Å². The number of pyridine rings is 1. The summed E-state index contributed by atoms with van der Waals surface area (Å²) in [7, 11) is 0. The number of aryl methyl sites for hydroxylation is 1. The Bertz CT molecular complexity index is 919. The number of hydrogen-bond acceptors (Lipinski definition) is 4. The molecule has 3 aromatic rings. The van der Waals surface area contributed by atoms with E-state index in [1.165, 1.54) is 11.1 Å². The highest BCUT2D eigenvalue weighted by molar-refractivity contribution is 6.03. The van der Waals surface area contributed by atoms with Crippen LogP contribution in [0, 0.1) is 5.92 Å². The van der Waals surface area contributed by atoms with E-state index in [1.807, 2.05) is 6.07 Å². The Hall–Kier alpha value is -2.82. The molecular formula is C20H20N4O. The third kappa shape index (κ3) is 2.97. The van der Waals surface area contributed by atoms with Crippen molar-refractivity contribution in [2.75, 3.05) is 0 Å². The minimum Gasteiger partial charge on any atom is -0.345 e. The molecule has 0 aliphatic heterocycles. The molecule has 126 valence electrons. The van der Waals surface area contributed by atoms with Gasteiger partial charge in [0.05, 0.1) is 11.6 Å². The SMILES string of the molecule is CC1CCCc2ccccc2C1NC(=O)c1ccnc2nccnc12. The molecule has 2 aromatic heterocycles. The molecule has 4 rings (SSSR count). The number of fused-ring (bicyclic) bond motifs is 2. The molecule has 5 heteroatoms. The molecular weight excluding hydrogens is 312 g/mol. The van der Waals surface area contributed by atoms with Crippen molar-refractivity contribution < 1.29 is 4.79 Å². The van der Waals surface area contributed by atoms with Crippen LogP contribution in [0.5, 0.6) is 0 Å². The van der Waals surface area contributed by atoms with E-state index in [0.29, 0.717) is 22.6 Å². The van der Waals surface area contributed by atoms with Gasteiger partial charge in [-0.05, 0) is 42.4 Å². The standard InChI is InChI=1S/C20H20N4O/c1-13-5-4-7-14-6-2-3-8-15(14)17(13)24-20(25)16-9-10-22-19-18(16)21-11-12-23-19/h2-3,6,8-13,17H,4-5,7H2,1H3,(H,24,25). The van der Waals surface area contributed by atoms with Gasteiger partial charge in [-0.25, -0.2) is 9.97 Å². The third-order valence-corrected chi connectivity index (χ3v) is 4.97. The predicted molar refractivity (Wildman–Crippen MR) is 96.1 cm³/mol. The van der Waals surface area contributed by atoms with Gasteiger partial charge in [0.1, 0.15) is 5.52 Å². The maximum atomic E-state index is 13.0. The Morgan fingerprint density at radius 2 is 1.88 bits per heavy atom. The fourth-order valence-corrected chi connectivity index (χ4v) is 3.65. The molecule has 1 aliphatic rings. The number of carbonyl (C=O) groups excluding carboxylic acids is 1. The van der Waals surface area contributed by atoms with Crippen LogP contribution in [-0.2, 0) is 6.42 Å². The monoisotopic (exact) mass is 332 g/mol. The minimum absolute atomic E-state index is 0.00564. The molecule has 0 bridgehead atoms. The minimum atomic E-state index is -0.124. The molecule has 25 heavy (non-hydrogen) atoms. The number of amides is 1. The van der Waals surface area contributed by atoms with Gasteiger partial charge in [0.25, 0.3) is 5.91 Å². The number of benzene rings is 1. The van der Waals surface area contributed by atoms with Crippen molar-refractivity contribution >= 4 is 17.1 Å². The molecule has 1 aromatic carbocycles. The van der Waals surface area contributed by atoms with Crippen LogP contribution in [0.4, 0.5) is 0 Å². The fraction of sp³-hybridized carbons (Fsp3) is 0.300. The maximum Gasteiger partial charge on any atom is 0.254 e. The first-order valence-electron chi connectivity index (χ1n) is 8.68. The van der Waals surface area contributed by atoms with Crippen molar-refractivity contribution in [2.24, 2.45) is 5.92 Å². The molecule has 1 amide bonds. The summed E-state index contributed by atoms with van der Waals surface area (Å²) in [5.74, 6) is 0.258. The fourth-order valence-electron chi connectivity index (χ4n) is 3.65. The summed E-state index contributed by atoms with van der Waals surface area (Å²) in [6.07, 6.45) is 8.09. The molecule has 0 saturated carbocycles. The van der Waals surface area contributed by atoms with Crippen molar-refractivity contribution in [3.63, 3.8) is 0 Å². The van der Waals surface area contributed by atoms with E-state index in [-0.39, 0.29) is 11.9 Å². The zero-order valence-corrected chi connectivity index (χ0v) is 14.1. The first-order valence-corrected chi connectivity index (χ1v) is 8.68. The third-order valence-electron chi connectivity index (χ3n) is 4.97. The van der Waals surface area contributed by atoms with Crippen LogP contribution < -0.4 is 5.32 Å². The second kappa shape index (κ2) is 6.59. The molecule has 0 fully saturated rings. The van der Waals surface area contributed by atoms with E-state index >= 15 is 0 Å². The summed E-state index contributed by atoms with van der Waals surface area (Å²) in [5, 5.41) is 3.24. The molecule has 5 nitrogen and oxygen atoms in total. The van der Waals surface area contributed by atoms with Gasteiger partial charge >= 0.3 is 0 Å². The number of carbonyl (C=O) groups is 1. The van der Waals surface area contributed by atoms with Crippen molar-refractivity contribution in [1.82, 2.24) is 20.3 Å². The number of aromatic nitrogens is 3. The predicted octanol–water partition coefficient (Wildman–Crippen LogP) is 3.47. The lowest BCUT2D eigenvalue weighted by Crippen LogP contribution is -2.32. The van der Waals surface area contributed by atoms with Crippen LogP contribution in [0.15, 0.2) is 48.9 Å². The van der Waals surface area contributed by atoms with Crippen LogP contribution in [-0.4, -0.2) is 20.9 Å². The second-order valence-electron chi connectivity index (χ2n) is 6.61. The lowest BCUT2D eigenvalue weighted by Gasteiger charge is -2.25. The molecule has 0 saturated heterocycles. The summed E-state index contributed by atoms with van der Waals surface area (Å²) >= 11 is 0. The van der Waals surface area contributed by atoms with Crippen LogP contribution in [0.1, 0.15) is 47.3 Å². The van der Waals surface area contributed by atoms with E-state index < -0.39 is 0 Å². The van der Waals surface area contributed by atoms with Gasteiger partial charge in [-0.3, -0.25) is 9.78 Å². The Morgan fingerprint density at radius 1 is 1.08 bits per heavy atom. The van der Waals surface area contributed by atoms with E-state index in [1.54, 1.807) is 24.7 Å². The lowest BCUT2D eigenvalue weighted by atomic mass is 9.92. The Labute approximate surface area is 146 Å². The average molecular weight is 332 g/mol. The van der Waals surface area contributed by atoms with Gasteiger partial charge in [-0.2, -0.15) is 0 Å². The van der Waals surface area contributed by atoms with Crippen molar-refractivity contribution in [3.05, 3.63) is 65.6 Å². The number of nitrogens with one attached hydrogen (secondary N) is 1. The van der Waals surface area contributed by atoms with Crippen molar-refractivity contribution in [1.29, 1.82) is 0 Å². The highest BCUT2D eigenvalue weighted by atomic mass is 16.1. The quantitative estimate of drug-likeness (QED) is 0.730. The van der Waals surface area contributed by atoms with E-state index in [0.717, 1.165) is 19.3 Å². The topological polar surface area (TPSA) is 67.8 Å². The van der Waals surface area contributed by atoms with E-state index in [9.17, 15) is 4.79 Å². The Kier molecular flexibility index (Phi) is 4.14. The smallest absolute Gasteiger partial charge is 0.254 e. The summed E-state index contributed by atoms with van der Waals surface area (Å²) in [6, 6.07) is 10.1. The molecule has 2 heterocycles. The molecule has 2 unspecified atom stereocenters. The summed E-state index contributed by atoms with van der Waals surface area (Å²) in [4.78, 5) is 25.6. The van der Waals surface area contributed by atoms with E-state index in [2.05, 4.69) is 45.4 Å². The molecule has 0 radical (unpaired) electrons. The van der Waals surface area contributed by atoms with Gasteiger partial charge in [0.2, 0.25) is 0 Å². The highest BCUT2D eigenvalue weighted by Gasteiger charge is 2.27. The van der Waals surface area contributed by atoms with Crippen molar-refractivity contribution in [3.8, 4) is 0 Å². The van der Waals surface area contributed by atoms with Crippen LogP contribution >= 0.6 is 0 Å². The first-order chi connectivity index (χ1) is 12.2. The van der Waals surface area contributed by atoms with Gasteiger partial charge in [0, 0.05) is 18.6 Å². The van der Waals surface area contributed by atoms with Gasteiger partial charge in [-0.15, -0.1) is 0 Å². The number of hydrogen-bond donors (Lipinski definition) is 1. The van der Waals surface area contributed by atoms with E-state index in [4.69, 9.17) is 0 Å². The Morgan fingerprint density at radius 3 is 2.80 bits per heavy atom. The molecule has 1 N–H and O–H groups in total. The lowest BCUT2D eigenvalue weighted by molar-refractivity contribution is 0.0924. The van der Waals surface area contributed by atoms with Crippen molar-refractivity contribution in [2.45, 2.75) is 32.2 Å². The van der Waals surface area contributed by atoms with Crippen LogP contribution in [0.2, 0.25) is 0 Å². The first kappa shape index (κ1) is 15.7. The molecule has 2 atom stereocenters. The summed E-state index contributed by atoms with van der Waals surface area (Å²) in [6.45, 7) is 2.21.